The molecule has 0 bridgehead atoms. The van der Waals surface area contributed by atoms with Crippen LogP contribution in [0.15, 0.2) is 61.2 Å². The van der Waals surface area contributed by atoms with Gasteiger partial charge in [-0.25, -0.2) is 0 Å². The molecule has 0 aliphatic rings. The van der Waals surface area contributed by atoms with Gasteiger partial charge in [-0.15, -0.1) is 0 Å². The summed E-state index contributed by atoms with van der Waals surface area (Å²) in [6.45, 7) is 10.2. The molecule has 0 spiro atoms. The molecule has 4 aromatic carbocycles. The van der Waals surface area contributed by atoms with Gasteiger partial charge in [-0.1, -0.05) is 87.2 Å². The topological polar surface area (TPSA) is 0 Å². The fourth-order valence-corrected chi connectivity index (χ4v) is 3.47. The van der Waals surface area contributed by atoms with Gasteiger partial charge in [0.15, 0.2) is 0 Å². The van der Waals surface area contributed by atoms with E-state index in [1.807, 2.05) is 19.9 Å². The highest BCUT2D eigenvalue weighted by Gasteiger charge is 2.11. The number of hydrogen-bond donors (Lipinski definition) is 0. The first kappa shape index (κ1) is 15.3. The first-order valence-electron chi connectivity index (χ1n) is 8.29. The smallest absolute Gasteiger partial charge is 0.00264 e. The molecule has 0 saturated carbocycles. The molecule has 0 radical (unpaired) electrons. The normalized spacial score (nSPS) is 11.7. The van der Waals surface area contributed by atoms with E-state index < -0.39 is 0 Å². The molecule has 4 aromatic rings. The second-order valence-electron chi connectivity index (χ2n) is 5.39. The number of benzene rings is 4. The average molecular weight is 298 g/mol. The van der Waals surface area contributed by atoms with E-state index in [2.05, 4.69) is 74.2 Å². The molecule has 0 aliphatic heterocycles. The minimum Gasteiger partial charge on any atom is -0.0984 e. The zero-order valence-corrected chi connectivity index (χ0v) is 14.1. The Kier molecular flexibility index (Phi) is 4.16. The zero-order chi connectivity index (χ0) is 16.4. The highest BCUT2D eigenvalue weighted by atomic mass is 14.1. The molecule has 0 atom stereocenters. The molecule has 0 amide bonds. The molecular formula is C23H22. The predicted octanol–water partition coefficient (Wildman–Crippen LogP) is 6.33. The van der Waals surface area contributed by atoms with Crippen molar-refractivity contribution in [3.63, 3.8) is 0 Å². The Morgan fingerprint density at radius 1 is 0.739 bits per heavy atom. The van der Waals surface area contributed by atoms with Gasteiger partial charge in [0.1, 0.15) is 0 Å². The molecular weight excluding hydrogens is 276 g/mol. The van der Waals surface area contributed by atoms with Crippen molar-refractivity contribution in [1.29, 1.82) is 0 Å². The highest BCUT2D eigenvalue weighted by molar-refractivity contribution is 6.24. The van der Waals surface area contributed by atoms with Gasteiger partial charge in [0.05, 0.1) is 0 Å². The van der Waals surface area contributed by atoms with Crippen molar-refractivity contribution in [2.24, 2.45) is 0 Å². The van der Waals surface area contributed by atoms with Gasteiger partial charge in [-0.2, -0.15) is 0 Å². The summed E-state index contributed by atoms with van der Waals surface area (Å²) in [5, 5.41) is 9.14. The summed E-state index contributed by atoms with van der Waals surface area (Å²) in [5.41, 5.74) is 1.24. The maximum Gasteiger partial charge on any atom is -0.00264 e. The number of rotatable bonds is 1. The van der Waals surface area contributed by atoms with Crippen molar-refractivity contribution in [2.75, 3.05) is 0 Å². The van der Waals surface area contributed by atoms with E-state index in [9.17, 15) is 0 Å². The summed E-state index contributed by atoms with van der Waals surface area (Å²) < 4.78 is 0. The summed E-state index contributed by atoms with van der Waals surface area (Å²) >= 11 is 0. The van der Waals surface area contributed by atoms with Gasteiger partial charge in [-0.05, 0) is 50.0 Å². The highest BCUT2D eigenvalue weighted by Crippen LogP contribution is 2.36. The summed E-state index contributed by atoms with van der Waals surface area (Å²) in [6.07, 6.45) is 4.17. The molecule has 0 saturated heterocycles. The Morgan fingerprint density at radius 2 is 1.30 bits per heavy atom. The summed E-state index contributed by atoms with van der Waals surface area (Å²) in [5.74, 6) is 0. The van der Waals surface area contributed by atoms with Gasteiger partial charge >= 0.3 is 0 Å². The third kappa shape index (κ3) is 2.22. The lowest BCUT2D eigenvalue weighted by Crippen LogP contribution is -2.03. The van der Waals surface area contributed by atoms with Crippen LogP contribution < -0.4 is 5.22 Å². The van der Waals surface area contributed by atoms with Crippen molar-refractivity contribution >= 4 is 44.5 Å². The van der Waals surface area contributed by atoms with Crippen molar-refractivity contribution in [3.05, 3.63) is 72.0 Å². The minimum absolute atomic E-state index is 1.24. The largest absolute Gasteiger partial charge is 0.0984 e. The van der Waals surface area contributed by atoms with Gasteiger partial charge in [0, 0.05) is 0 Å². The maximum absolute atomic E-state index is 4.07. The minimum atomic E-state index is 1.24. The SMILES string of the molecule is C=Cc1c2cccc3cccc(c4ccc/c(=C/C)c14)c32.CC. The number of fused-ring (bicyclic) bond motifs is 2. The first-order chi connectivity index (χ1) is 11.3. The van der Waals surface area contributed by atoms with E-state index in [1.165, 1.54) is 43.1 Å². The van der Waals surface area contributed by atoms with Crippen LogP contribution in [-0.4, -0.2) is 0 Å². The lowest BCUT2D eigenvalue weighted by molar-refractivity contribution is 1.50. The summed E-state index contributed by atoms with van der Waals surface area (Å²) in [7, 11) is 0. The monoisotopic (exact) mass is 298 g/mol. The molecule has 0 heterocycles. The van der Waals surface area contributed by atoms with Gasteiger partial charge in [0.25, 0.3) is 0 Å². The Balaban J connectivity index is 0.000000753. The molecule has 0 heteroatoms. The number of hydrogen-bond acceptors (Lipinski definition) is 0. The Morgan fingerprint density at radius 3 is 1.91 bits per heavy atom. The van der Waals surface area contributed by atoms with Crippen molar-refractivity contribution in [1.82, 2.24) is 0 Å². The van der Waals surface area contributed by atoms with Crippen LogP contribution in [0.3, 0.4) is 0 Å². The third-order valence-corrected chi connectivity index (χ3v) is 4.37. The fourth-order valence-electron chi connectivity index (χ4n) is 3.47. The van der Waals surface area contributed by atoms with Crippen LogP contribution in [0.1, 0.15) is 26.3 Å². The molecule has 0 unspecified atom stereocenters. The van der Waals surface area contributed by atoms with Crippen molar-refractivity contribution in [2.45, 2.75) is 20.8 Å². The quantitative estimate of drug-likeness (QED) is 0.284. The molecule has 0 aromatic heterocycles. The standard InChI is InChI=1S/C21H16.C2H6/c1-3-14-8-5-12-18-19-13-7-10-15-9-6-11-17(21(15)19)16(4-2)20(14)18;1-2/h3-13H,2H2,1H3;1-2H3/b14-3-;. The van der Waals surface area contributed by atoms with Crippen LogP contribution in [0.2, 0.25) is 0 Å². The first-order valence-corrected chi connectivity index (χ1v) is 8.29. The van der Waals surface area contributed by atoms with Gasteiger partial charge in [-0.3, -0.25) is 0 Å². The second-order valence-corrected chi connectivity index (χ2v) is 5.39. The van der Waals surface area contributed by atoms with Crippen LogP contribution in [0.25, 0.3) is 44.5 Å². The second kappa shape index (κ2) is 6.26. The molecule has 114 valence electrons. The maximum atomic E-state index is 4.07. The predicted molar refractivity (Wildman–Crippen MR) is 106 cm³/mol. The van der Waals surface area contributed by atoms with Gasteiger partial charge < -0.3 is 0 Å². The van der Waals surface area contributed by atoms with Crippen molar-refractivity contribution in [3.8, 4) is 0 Å². The molecule has 0 aliphatic carbocycles. The molecule has 0 N–H and O–H groups in total. The molecule has 23 heavy (non-hydrogen) atoms. The summed E-state index contributed by atoms with van der Waals surface area (Å²) in [6, 6.07) is 19.6. The van der Waals surface area contributed by atoms with E-state index >= 15 is 0 Å². The molecule has 4 rings (SSSR count). The lowest BCUT2D eigenvalue weighted by atomic mass is 9.90. The van der Waals surface area contributed by atoms with E-state index in [0.29, 0.717) is 0 Å². The van der Waals surface area contributed by atoms with E-state index in [0.717, 1.165) is 0 Å². The van der Waals surface area contributed by atoms with Crippen LogP contribution in [0, 0.1) is 0 Å². The van der Waals surface area contributed by atoms with Crippen LogP contribution in [-0.2, 0) is 0 Å². The molecule has 0 fully saturated rings. The average Bonchev–Trinajstić information content (AvgIpc) is 2.63. The van der Waals surface area contributed by atoms with E-state index in [1.54, 1.807) is 0 Å². The van der Waals surface area contributed by atoms with Crippen LogP contribution >= 0.6 is 0 Å². The Labute approximate surface area is 137 Å². The Bertz CT molecular complexity index is 1050. The third-order valence-electron chi connectivity index (χ3n) is 4.37. The Hall–Kier alpha value is -2.60. The summed E-state index contributed by atoms with van der Waals surface area (Å²) in [4.78, 5) is 0. The molecule has 0 nitrogen and oxygen atoms in total. The zero-order valence-electron chi connectivity index (χ0n) is 14.1. The van der Waals surface area contributed by atoms with Crippen molar-refractivity contribution < 1.29 is 0 Å². The fraction of sp³-hybridized carbons (Fsp3) is 0.130. The van der Waals surface area contributed by atoms with Crippen LogP contribution in [0.5, 0.6) is 0 Å². The van der Waals surface area contributed by atoms with E-state index in [4.69, 9.17) is 0 Å². The lowest BCUT2D eigenvalue weighted by Gasteiger charge is -2.14. The van der Waals surface area contributed by atoms with E-state index in [-0.39, 0.29) is 0 Å². The van der Waals surface area contributed by atoms with Crippen LogP contribution in [0.4, 0.5) is 0 Å². The van der Waals surface area contributed by atoms with Gasteiger partial charge in [0.2, 0.25) is 0 Å².